The van der Waals surface area contributed by atoms with Crippen LogP contribution in [0, 0.1) is 0 Å². The average Bonchev–Trinajstić information content (AvgIpc) is 2.56. The van der Waals surface area contributed by atoms with Gasteiger partial charge in [-0.05, 0) is 35.0 Å². The first kappa shape index (κ1) is 16.3. The topological polar surface area (TPSA) is 61.7 Å². The number of phenols is 1. The summed E-state index contributed by atoms with van der Waals surface area (Å²) in [5, 5.41) is 16.5. The van der Waals surface area contributed by atoms with Crippen molar-refractivity contribution in [1.82, 2.24) is 5.43 Å². The number of hydrogen-bond donors (Lipinski definition) is 2. The zero-order valence-electron chi connectivity index (χ0n) is 12.3. The maximum Gasteiger partial charge on any atom is 0.275 e. The lowest BCUT2D eigenvalue weighted by Gasteiger charge is -2.06. The van der Waals surface area contributed by atoms with Gasteiger partial charge in [0.05, 0.1) is 16.8 Å². The minimum absolute atomic E-state index is 0.106. The van der Waals surface area contributed by atoms with Gasteiger partial charge >= 0.3 is 0 Å². The first-order chi connectivity index (χ1) is 11.5. The van der Waals surface area contributed by atoms with E-state index in [9.17, 15) is 9.90 Å². The van der Waals surface area contributed by atoms with Crippen LogP contribution in [0.1, 0.15) is 15.9 Å². The van der Waals surface area contributed by atoms with Gasteiger partial charge in [-0.2, -0.15) is 5.10 Å². The fourth-order valence-electron chi connectivity index (χ4n) is 2.24. The maximum atomic E-state index is 12.2. The Hall–Kier alpha value is -2.56. The summed E-state index contributed by atoms with van der Waals surface area (Å²) in [7, 11) is 0. The van der Waals surface area contributed by atoms with Crippen LogP contribution in [-0.4, -0.2) is 17.2 Å². The molecule has 0 spiro atoms. The Kier molecular flexibility index (Phi) is 4.69. The lowest BCUT2D eigenvalue weighted by Crippen LogP contribution is -2.17. The van der Waals surface area contributed by atoms with Crippen molar-refractivity contribution in [2.24, 2.45) is 5.10 Å². The molecular formula is C18H12Cl2N2O2. The van der Waals surface area contributed by atoms with E-state index in [4.69, 9.17) is 23.2 Å². The van der Waals surface area contributed by atoms with Gasteiger partial charge in [-0.1, -0.05) is 53.5 Å². The molecule has 3 aromatic carbocycles. The van der Waals surface area contributed by atoms with Crippen molar-refractivity contribution in [2.75, 3.05) is 0 Å². The van der Waals surface area contributed by atoms with E-state index in [1.54, 1.807) is 30.3 Å². The van der Waals surface area contributed by atoms with Gasteiger partial charge in [-0.15, -0.1) is 0 Å². The van der Waals surface area contributed by atoms with Gasteiger partial charge in [-0.3, -0.25) is 4.79 Å². The molecule has 2 N–H and O–H groups in total. The summed E-state index contributed by atoms with van der Waals surface area (Å²) in [4.78, 5) is 12.2. The van der Waals surface area contributed by atoms with Crippen LogP contribution in [0.5, 0.6) is 5.75 Å². The molecule has 0 aliphatic rings. The third kappa shape index (κ3) is 3.50. The molecule has 6 heteroatoms. The monoisotopic (exact) mass is 358 g/mol. The molecule has 0 atom stereocenters. The number of amides is 1. The number of benzene rings is 3. The standard InChI is InChI=1S/C18H12Cl2N2O2/c19-14-6-5-13(16(20)9-14)10-21-22-18(24)15-7-11-3-1-2-4-12(11)8-17(15)23/h1-10,23H,(H,22,24). The van der Waals surface area contributed by atoms with E-state index >= 15 is 0 Å². The highest BCUT2D eigenvalue weighted by Crippen LogP contribution is 2.25. The van der Waals surface area contributed by atoms with Crippen LogP contribution >= 0.6 is 23.2 Å². The lowest BCUT2D eigenvalue weighted by atomic mass is 10.1. The average molecular weight is 359 g/mol. The largest absolute Gasteiger partial charge is 0.507 e. The molecule has 0 fully saturated rings. The maximum absolute atomic E-state index is 12.2. The fraction of sp³-hybridized carbons (Fsp3) is 0. The summed E-state index contributed by atoms with van der Waals surface area (Å²) in [5.41, 5.74) is 3.13. The first-order valence-electron chi connectivity index (χ1n) is 7.05. The second-order valence-corrected chi connectivity index (χ2v) is 5.93. The van der Waals surface area contributed by atoms with Gasteiger partial charge in [0, 0.05) is 10.6 Å². The fourth-order valence-corrected chi connectivity index (χ4v) is 2.69. The molecule has 0 saturated carbocycles. The summed E-state index contributed by atoms with van der Waals surface area (Å²) in [6, 6.07) is 15.6. The molecule has 24 heavy (non-hydrogen) atoms. The minimum Gasteiger partial charge on any atom is -0.507 e. The van der Waals surface area contributed by atoms with Gasteiger partial charge in [0.2, 0.25) is 0 Å². The highest BCUT2D eigenvalue weighted by atomic mass is 35.5. The van der Waals surface area contributed by atoms with Crippen molar-refractivity contribution in [3.63, 3.8) is 0 Å². The Morgan fingerprint density at radius 1 is 1.04 bits per heavy atom. The number of fused-ring (bicyclic) bond motifs is 1. The number of hydrogen-bond acceptors (Lipinski definition) is 3. The van der Waals surface area contributed by atoms with E-state index in [-0.39, 0.29) is 11.3 Å². The third-order valence-electron chi connectivity index (χ3n) is 3.44. The number of halogens is 2. The summed E-state index contributed by atoms with van der Waals surface area (Å²) in [6.07, 6.45) is 1.41. The van der Waals surface area contributed by atoms with E-state index in [2.05, 4.69) is 10.5 Å². The van der Waals surface area contributed by atoms with Gasteiger partial charge in [0.1, 0.15) is 5.75 Å². The molecule has 0 saturated heterocycles. The zero-order valence-corrected chi connectivity index (χ0v) is 13.8. The first-order valence-corrected chi connectivity index (χ1v) is 7.80. The highest BCUT2D eigenvalue weighted by molar-refractivity contribution is 6.36. The molecule has 0 aliphatic heterocycles. The zero-order chi connectivity index (χ0) is 17.1. The smallest absolute Gasteiger partial charge is 0.275 e. The Morgan fingerprint density at radius 2 is 1.75 bits per heavy atom. The quantitative estimate of drug-likeness (QED) is 0.530. The van der Waals surface area contributed by atoms with Gasteiger partial charge in [0.25, 0.3) is 5.91 Å². The molecule has 0 aliphatic carbocycles. The van der Waals surface area contributed by atoms with Crippen molar-refractivity contribution < 1.29 is 9.90 Å². The van der Waals surface area contributed by atoms with Crippen LogP contribution in [0.3, 0.4) is 0 Å². The second-order valence-electron chi connectivity index (χ2n) is 5.08. The van der Waals surface area contributed by atoms with Crippen LogP contribution < -0.4 is 5.43 Å². The predicted octanol–water partition coefficient (Wildman–Crippen LogP) is 4.62. The Balaban J connectivity index is 1.80. The number of hydrazone groups is 1. The van der Waals surface area contributed by atoms with Crippen molar-refractivity contribution >= 4 is 46.1 Å². The number of phenolic OH excluding ortho intramolecular Hbond substituents is 1. The normalized spacial score (nSPS) is 11.1. The minimum atomic E-state index is -0.514. The summed E-state index contributed by atoms with van der Waals surface area (Å²) < 4.78 is 0. The van der Waals surface area contributed by atoms with Crippen molar-refractivity contribution in [3.8, 4) is 5.75 Å². The Morgan fingerprint density at radius 3 is 2.46 bits per heavy atom. The second kappa shape index (κ2) is 6.91. The molecule has 120 valence electrons. The van der Waals surface area contributed by atoms with E-state index in [0.717, 1.165) is 10.8 Å². The molecule has 0 unspecified atom stereocenters. The molecule has 3 aromatic rings. The van der Waals surface area contributed by atoms with Gasteiger partial charge in [-0.25, -0.2) is 5.43 Å². The van der Waals surface area contributed by atoms with E-state index in [0.29, 0.717) is 15.6 Å². The lowest BCUT2D eigenvalue weighted by molar-refractivity contribution is 0.0952. The summed E-state index contributed by atoms with van der Waals surface area (Å²) >= 11 is 11.8. The van der Waals surface area contributed by atoms with E-state index in [1.807, 2.05) is 24.3 Å². The summed E-state index contributed by atoms with van der Waals surface area (Å²) in [5.74, 6) is -0.620. The van der Waals surface area contributed by atoms with Crippen LogP contribution in [0.2, 0.25) is 10.0 Å². The molecule has 0 aromatic heterocycles. The van der Waals surface area contributed by atoms with E-state index in [1.165, 1.54) is 6.21 Å². The van der Waals surface area contributed by atoms with Crippen LogP contribution in [0.4, 0.5) is 0 Å². The third-order valence-corrected chi connectivity index (χ3v) is 4.00. The molecular weight excluding hydrogens is 347 g/mol. The highest BCUT2D eigenvalue weighted by Gasteiger charge is 2.11. The van der Waals surface area contributed by atoms with Crippen LogP contribution in [-0.2, 0) is 0 Å². The van der Waals surface area contributed by atoms with Crippen molar-refractivity contribution in [2.45, 2.75) is 0 Å². The molecule has 0 bridgehead atoms. The van der Waals surface area contributed by atoms with Gasteiger partial charge < -0.3 is 5.11 Å². The number of aromatic hydroxyl groups is 1. The number of nitrogens with zero attached hydrogens (tertiary/aromatic N) is 1. The SMILES string of the molecule is O=C(NN=Cc1ccc(Cl)cc1Cl)c1cc2ccccc2cc1O. The summed E-state index contributed by atoms with van der Waals surface area (Å²) in [6.45, 7) is 0. The number of carbonyl (C=O) groups excluding carboxylic acids is 1. The van der Waals surface area contributed by atoms with Crippen LogP contribution in [0.25, 0.3) is 10.8 Å². The number of nitrogens with one attached hydrogen (secondary N) is 1. The molecule has 1 amide bonds. The Labute approximate surface area is 148 Å². The number of rotatable bonds is 3. The van der Waals surface area contributed by atoms with Crippen molar-refractivity contribution in [3.05, 3.63) is 75.8 Å². The molecule has 0 radical (unpaired) electrons. The van der Waals surface area contributed by atoms with Crippen LogP contribution in [0.15, 0.2) is 59.7 Å². The van der Waals surface area contributed by atoms with E-state index < -0.39 is 5.91 Å². The predicted molar refractivity (Wildman–Crippen MR) is 97.1 cm³/mol. The Bertz CT molecular complexity index is 955. The molecule has 3 rings (SSSR count). The molecule has 0 heterocycles. The molecule has 4 nitrogen and oxygen atoms in total. The number of carbonyl (C=O) groups is 1. The van der Waals surface area contributed by atoms with Gasteiger partial charge in [0.15, 0.2) is 0 Å². The van der Waals surface area contributed by atoms with Crippen molar-refractivity contribution in [1.29, 1.82) is 0 Å².